The van der Waals surface area contributed by atoms with Crippen molar-refractivity contribution < 1.29 is 14.3 Å². The summed E-state index contributed by atoms with van der Waals surface area (Å²) in [4.78, 5) is 32.5. The Bertz CT molecular complexity index is 816. The van der Waals surface area contributed by atoms with Crippen LogP contribution in [0.25, 0.3) is 0 Å². The number of carbonyl (C=O) groups is 2. The van der Waals surface area contributed by atoms with Gasteiger partial charge in [0.05, 0.1) is 6.61 Å². The van der Waals surface area contributed by atoms with Gasteiger partial charge < -0.3 is 19.9 Å². The molecule has 1 aromatic carbocycles. The fourth-order valence-electron chi connectivity index (χ4n) is 2.97. The fourth-order valence-corrected chi connectivity index (χ4v) is 2.97. The first-order valence-electron chi connectivity index (χ1n) is 9.08. The zero-order valence-corrected chi connectivity index (χ0v) is 15.6. The Hall–Kier alpha value is -3.09. The second kappa shape index (κ2) is 8.53. The Kier molecular flexibility index (Phi) is 5.90. The number of hydrogen-bond acceptors (Lipinski definition) is 5. The van der Waals surface area contributed by atoms with Crippen LogP contribution in [0.3, 0.4) is 0 Å². The highest BCUT2D eigenvalue weighted by molar-refractivity contribution is 6.05. The van der Waals surface area contributed by atoms with Crippen molar-refractivity contribution in [3.8, 4) is 0 Å². The van der Waals surface area contributed by atoms with Crippen LogP contribution in [0.1, 0.15) is 22.8 Å². The molecule has 1 N–H and O–H groups in total. The largest absolute Gasteiger partial charge is 0.450 e. The topological polar surface area (TPSA) is 74.8 Å². The first-order valence-corrected chi connectivity index (χ1v) is 9.08. The average Bonchev–Trinajstić information content (AvgIpc) is 2.70. The van der Waals surface area contributed by atoms with Crippen molar-refractivity contribution in [2.45, 2.75) is 13.8 Å². The van der Waals surface area contributed by atoms with Gasteiger partial charge in [-0.1, -0.05) is 18.2 Å². The fraction of sp³-hybridized carbons (Fsp3) is 0.350. The molecule has 1 aliphatic heterocycles. The smallest absolute Gasteiger partial charge is 0.409 e. The number of pyridine rings is 1. The van der Waals surface area contributed by atoms with Crippen LogP contribution >= 0.6 is 0 Å². The minimum Gasteiger partial charge on any atom is -0.450 e. The number of benzene rings is 1. The first-order chi connectivity index (χ1) is 13.1. The molecule has 0 aliphatic carbocycles. The number of piperazine rings is 1. The molecule has 0 atom stereocenters. The lowest BCUT2D eigenvalue weighted by Crippen LogP contribution is -2.49. The van der Waals surface area contributed by atoms with E-state index in [1.54, 1.807) is 30.2 Å². The van der Waals surface area contributed by atoms with Gasteiger partial charge in [0.1, 0.15) is 5.82 Å². The van der Waals surface area contributed by atoms with E-state index in [4.69, 9.17) is 4.74 Å². The van der Waals surface area contributed by atoms with Crippen LogP contribution in [0.4, 0.5) is 16.3 Å². The van der Waals surface area contributed by atoms with Crippen molar-refractivity contribution in [2.24, 2.45) is 0 Å². The van der Waals surface area contributed by atoms with Crippen LogP contribution in [-0.4, -0.2) is 54.7 Å². The summed E-state index contributed by atoms with van der Waals surface area (Å²) in [6.45, 7) is 6.56. The highest BCUT2D eigenvalue weighted by Gasteiger charge is 2.23. The van der Waals surface area contributed by atoms with Crippen molar-refractivity contribution in [3.05, 3.63) is 53.7 Å². The molecule has 0 unspecified atom stereocenters. The van der Waals surface area contributed by atoms with Crippen LogP contribution in [0.5, 0.6) is 0 Å². The molecule has 27 heavy (non-hydrogen) atoms. The van der Waals surface area contributed by atoms with E-state index in [9.17, 15) is 9.59 Å². The SMILES string of the molecule is CCOC(=O)N1CCN(c2cc(C(=O)Nc3ccccc3C)ccn2)CC1. The molecule has 7 nitrogen and oxygen atoms in total. The molecule has 2 amide bonds. The summed E-state index contributed by atoms with van der Waals surface area (Å²) in [6.07, 6.45) is 1.36. The summed E-state index contributed by atoms with van der Waals surface area (Å²) in [7, 11) is 0. The minimum absolute atomic E-state index is 0.168. The molecule has 1 saturated heterocycles. The lowest BCUT2D eigenvalue weighted by atomic mass is 10.2. The predicted octanol–water partition coefficient (Wildman–Crippen LogP) is 2.92. The zero-order chi connectivity index (χ0) is 19.2. The predicted molar refractivity (Wildman–Crippen MR) is 104 cm³/mol. The molecule has 0 saturated carbocycles. The van der Waals surface area contributed by atoms with E-state index in [2.05, 4.69) is 15.2 Å². The second-order valence-electron chi connectivity index (χ2n) is 6.34. The molecule has 0 spiro atoms. The Balaban J connectivity index is 1.65. The standard InChI is InChI=1S/C20H24N4O3/c1-3-27-20(26)24-12-10-23(11-13-24)18-14-16(8-9-21-18)19(25)22-17-7-5-4-6-15(17)2/h4-9,14H,3,10-13H2,1-2H3,(H,22,25). The van der Waals surface area contributed by atoms with Crippen molar-refractivity contribution >= 4 is 23.5 Å². The third-order valence-electron chi connectivity index (χ3n) is 4.53. The van der Waals surface area contributed by atoms with Gasteiger partial charge in [0.25, 0.3) is 5.91 Å². The maximum absolute atomic E-state index is 12.6. The van der Waals surface area contributed by atoms with Crippen molar-refractivity contribution in [1.29, 1.82) is 0 Å². The Labute approximate surface area is 158 Å². The van der Waals surface area contributed by atoms with Crippen LogP contribution in [0.2, 0.25) is 0 Å². The number of anilines is 2. The number of ether oxygens (including phenoxy) is 1. The Morgan fingerprint density at radius 2 is 1.89 bits per heavy atom. The van der Waals surface area contributed by atoms with Crippen molar-refractivity contribution in [1.82, 2.24) is 9.88 Å². The molecular formula is C20H24N4O3. The number of nitrogens with one attached hydrogen (secondary N) is 1. The Morgan fingerprint density at radius 1 is 1.15 bits per heavy atom. The molecule has 1 aliphatic rings. The zero-order valence-electron chi connectivity index (χ0n) is 15.6. The van der Waals surface area contributed by atoms with Gasteiger partial charge in [0, 0.05) is 43.6 Å². The summed E-state index contributed by atoms with van der Waals surface area (Å²) in [5.41, 5.74) is 2.36. The third kappa shape index (κ3) is 4.55. The van der Waals surface area contributed by atoms with Crippen molar-refractivity contribution in [2.75, 3.05) is 43.0 Å². The second-order valence-corrected chi connectivity index (χ2v) is 6.34. The van der Waals surface area contributed by atoms with Crippen LogP contribution in [0.15, 0.2) is 42.6 Å². The molecule has 0 radical (unpaired) electrons. The molecule has 1 aromatic heterocycles. The highest BCUT2D eigenvalue weighted by atomic mass is 16.6. The van der Waals surface area contributed by atoms with Crippen LogP contribution < -0.4 is 10.2 Å². The van der Waals surface area contributed by atoms with E-state index in [1.165, 1.54) is 0 Å². The molecule has 1 fully saturated rings. The summed E-state index contributed by atoms with van der Waals surface area (Å²) < 4.78 is 5.04. The van der Waals surface area contributed by atoms with E-state index < -0.39 is 0 Å². The average molecular weight is 368 g/mol. The number of hydrogen-bond donors (Lipinski definition) is 1. The number of nitrogens with zero attached hydrogens (tertiary/aromatic N) is 3. The molecule has 2 heterocycles. The van der Waals surface area contributed by atoms with Gasteiger partial charge in [-0.2, -0.15) is 0 Å². The number of para-hydroxylation sites is 1. The third-order valence-corrected chi connectivity index (χ3v) is 4.53. The number of rotatable bonds is 4. The quantitative estimate of drug-likeness (QED) is 0.898. The Morgan fingerprint density at radius 3 is 2.59 bits per heavy atom. The lowest BCUT2D eigenvalue weighted by Gasteiger charge is -2.34. The first kappa shape index (κ1) is 18.7. The van der Waals surface area contributed by atoms with Crippen molar-refractivity contribution in [3.63, 3.8) is 0 Å². The maximum Gasteiger partial charge on any atom is 0.409 e. The van der Waals surface area contributed by atoms with E-state index in [1.807, 2.05) is 31.2 Å². The highest BCUT2D eigenvalue weighted by Crippen LogP contribution is 2.18. The minimum atomic E-state index is -0.281. The molecule has 7 heteroatoms. The number of amides is 2. The molecule has 142 valence electrons. The summed E-state index contributed by atoms with van der Waals surface area (Å²) in [5.74, 6) is 0.564. The van der Waals surface area contributed by atoms with E-state index >= 15 is 0 Å². The van der Waals surface area contributed by atoms with Gasteiger partial charge >= 0.3 is 6.09 Å². The maximum atomic E-state index is 12.6. The summed E-state index contributed by atoms with van der Waals surface area (Å²) >= 11 is 0. The van der Waals surface area contributed by atoms with E-state index in [-0.39, 0.29) is 12.0 Å². The van der Waals surface area contributed by atoms with Gasteiger partial charge in [0.15, 0.2) is 0 Å². The van der Waals surface area contributed by atoms with Gasteiger partial charge in [-0.05, 0) is 37.6 Å². The summed E-state index contributed by atoms with van der Waals surface area (Å²) in [5, 5.41) is 2.94. The molecule has 3 rings (SSSR count). The van der Waals surface area contributed by atoms with Gasteiger partial charge in [-0.15, -0.1) is 0 Å². The van der Waals surface area contributed by atoms with Crippen LogP contribution in [-0.2, 0) is 4.74 Å². The van der Waals surface area contributed by atoms with Gasteiger partial charge in [-0.25, -0.2) is 9.78 Å². The normalized spacial score (nSPS) is 14.0. The van der Waals surface area contributed by atoms with Crippen LogP contribution in [0, 0.1) is 6.92 Å². The monoisotopic (exact) mass is 368 g/mol. The number of carbonyl (C=O) groups excluding carboxylic acids is 2. The van der Waals surface area contributed by atoms with Gasteiger partial charge in [0.2, 0.25) is 0 Å². The lowest BCUT2D eigenvalue weighted by molar-refractivity contribution is 0.102. The molecule has 0 bridgehead atoms. The van der Waals surface area contributed by atoms with E-state index in [0.717, 1.165) is 17.1 Å². The number of aryl methyl sites for hydroxylation is 1. The molecule has 2 aromatic rings. The number of aromatic nitrogens is 1. The summed E-state index contributed by atoms with van der Waals surface area (Å²) in [6, 6.07) is 11.1. The van der Waals surface area contributed by atoms with Gasteiger partial charge in [-0.3, -0.25) is 4.79 Å². The van der Waals surface area contributed by atoms with E-state index in [0.29, 0.717) is 38.3 Å². The molecular weight excluding hydrogens is 344 g/mol.